The molecule has 3 rings (SSSR count). The fourth-order valence-electron chi connectivity index (χ4n) is 1.63. The molecular weight excluding hydrogens is 329 g/mol. The molecule has 0 amide bonds. The molecule has 1 N–H and O–H groups in total. The molecule has 0 atom stereocenters. The summed E-state index contributed by atoms with van der Waals surface area (Å²) in [5, 5.41) is 13.5. The normalized spacial score (nSPS) is 10.7. The quantitative estimate of drug-likeness (QED) is 0.776. The molecule has 100 valence electrons. The number of aromatic hydroxyl groups is 1. The summed E-state index contributed by atoms with van der Waals surface area (Å²) in [6.07, 6.45) is 1.61. The van der Waals surface area contributed by atoms with E-state index in [2.05, 4.69) is 31.1 Å². The number of hydrogen-bond acceptors (Lipinski definition) is 5. The number of halogens is 2. The summed E-state index contributed by atoms with van der Waals surface area (Å²) in [6, 6.07) is 7.09. The van der Waals surface area contributed by atoms with Gasteiger partial charge in [-0.15, -0.1) is 0 Å². The maximum absolute atomic E-state index is 12.9. The third-order valence-corrected chi connectivity index (χ3v) is 3.04. The van der Waals surface area contributed by atoms with Gasteiger partial charge in [0.05, 0.1) is 5.56 Å². The minimum Gasteiger partial charge on any atom is -0.507 e. The van der Waals surface area contributed by atoms with E-state index in [4.69, 9.17) is 4.52 Å². The molecule has 0 bridgehead atoms. The maximum atomic E-state index is 12.9. The molecule has 3 aromatic rings. The minimum atomic E-state index is -0.541. The molecule has 0 saturated carbocycles. The monoisotopic (exact) mass is 335 g/mol. The van der Waals surface area contributed by atoms with Gasteiger partial charge in [-0.3, -0.25) is 4.98 Å². The van der Waals surface area contributed by atoms with Crippen molar-refractivity contribution >= 4 is 15.9 Å². The molecule has 20 heavy (non-hydrogen) atoms. The molecule has 0 unspecified atom stereocenters. The summed E-state index contributed by atoms with van der Waals surface area (Å²) in [5.41, 5.74) is 0.798. The summed E-state index contributed by atoms with van der Waals surface area (Å²) < 4.78 is 18.8. The number of hydrogen-bond donors (Lipinski definition) is 1. The molecule has 5 nitrogen and oxygen atoms in total. The van der Waals surface area contributed by atoms with Gasteiger partial charge in [0.1, 0.15) is 17.3 Å². The van der Waals surface area contributed by atoms with Crippen LogP contribution in [0.4, 0.5) is 4.39 Å². The molecule has 1 aromatic carbocycles. The van der Waals surface area contributed by atoms with E-state index in [0.717, 1.165) is 10.5 Å². The largest absolute Gasteiger partial charge is 0.507 e. The van der Waals surface area contributed by atoms with Gasteiger partial charge in [-0.05, 0) is 40.2 Å². The van der Waals surface area contributed by atoms with Crippen LogP contribution >= 0.6 is 15.9 Å². The summed E-state index contributed by atoms with van der Waals surface area (Å²) in [6.45, 7) is 0. The average molecular weight is 336 g/mol. The van der Waals surface area contributed by atoms with E-state index < -0.39 is 5.82 Å². The highest BCUT2D eigenvalue weighted by molar-refractivity contribution is 9.10. The zero-order chi connectivity index (χ0) is 14.1. The zero-order valence-electron chi connectivity index (χ0n) is 9.92. The van der Waals surface area contributed by atoms with Crippen LogP contribution in [0.2, 0.25) is 0 Å². The first-order valence-corrected chi connectivity index (χ1v) is 6.37. The Morgan fingerprint density at radius 3 is 2.75 bits per heavy atom. The highest BCUT2D eigenvalue weighted by Gasteiger charge is 2.15. The van der Waals surface area contributed by atoms with Crippen LogP contribution in [0.25, 0.3) is 23.0 Å². The number of benzene rings is 1. The van der Waals surface area contributed by atoms with Crippen molar-refractivity contribution < 1.29 is 14.0 Å². The van der Waals surface area contributed by atoms with Crippen molar-refractivity contribution in [2.45, 2.75) is 0 Å². The van der Waals surface area contributed by atoms with E-state index in [1.807, 2.05) is 0 Å². The number of phenols is 1. The number of phenolic OH excluding ortho intramolecular Hbond substituents is 1. The Balaban J connectivity index is 1.99. The lowest BCUT2D eigenvalue weighted by Gasteiger charge is -1.98. The lowest BCUT2D eigenvalue weighted by molar-refractivity contribution is 0.424. The highest BCUT2D eigenvalue weighted by Crippen LogP contribution is 2.29. The van der Waals surface area contributed by atoms with Gasteiger partial charge < -0.3 is 9.63 Å². The van der Waals surface area contributed by atoms with Crippen molar-refractivity contribution in [1.29, 1.82) is 0 Å². The standard InChI is InChI=1S/C13H7BrFN3O2/c14-7-1-4-10(16-6-7)12-17-13(20-18-12)9-3-2-8(15)5-11(9)19/h1-6,19H. The van der Waals surface area contributed by atoms with Crippen LogP contribution in [0.15, 0.2) is 45.5 Å². The molecular formula is C13H7BrFN3O2. The lowest BCUT2D eigenvalue weighted by Crippen LogP contribution is -1.85. The first-order chi connectivity index (χ1) is 9.63. The SMILES string of the molecule is Oc1cc(F)ccc1-c1nc(-c2ccc(Br)cn2)no1. The van der Waals surface area contributed by atoms with Crippen molar-refractivity contribution in [2.24, 2.45) is 0 Å². The Morgan fingerprint density at radius 1 is 1.20 bits per heavy atom. The van der Waals surface area contributed by atoms with Crippen LogP contribution in [-0.2, 0) is 0 Å². The smallest absolute Gasteiger partial charge is 0.262 e. The molecule has 2 heterocycles. The summed E-state index contributed by atoms with van der Waals surface area (Å²) in [7, 11) is 0. The fraction of sp³-hybridized carbons (Fsp3) is 0. The van der Waals surface area contributed by atoms with E-state index in [1.165, 1.54) is 12.1 Å². The second-order valence-electron chi connectivity index (χ2n) is 3.95. The Bertz CT molecular complexity index is 759. The van der Waals surface area contributed by atoms with E-state index in [9.17, 15) is 9.50 Å². The van der Waals surface area contributed by atoms with Crippen LogP contribution in [0.3, 0.4) is 0 Å². The fourth-order valence-corrected chi connectivity index (χ4v) is 1.87. The van der Waals surface area contributed by atoms with Crippen LogP contribution < -0.4 is 0 Å². The Hall–Kier alpha value is -2.28. The molecule has 0 aliphatic carbocycles. The third-order valence-electron chi connectivity index (χ3n) is 2.57. The second-order valence-corrected chi connectivity index (χ2v) is 4.86. The maximum Gasteiger partial charge on any atom is 0.262 e. The number of rotatable bonds is 2. The van der Waals surface area contributed by atoms with E-state index in [1.54, 1.807) is 18.3 Å². The van der Waals surface area contributed by atoms with Crippen LogP contribution in [0.1, 0.15) is 0 Å². The van der Waals surface area contributed by atoms with Crippen molar-refractivity contribution in [3.05, 3.63) is 46.8 Å². The van der Waals surface area contributed by atoms with Gasteiger partial charge >= 0.3 is 0 Å². The van der Waals surface area contributed by atoms with Crippen LogP contribution in [-0.4, -0.2) is 20.2 Å². The highest BCUT2D eigenvalue weighted by atomic mass is 79.9. The van der Waals surface area contributed by atoms with E-state index >= 15 is 0 Å². The summed E-state index contributed by atoms with van der Waals surface area (Å²) in [4.78, 5) is 8.27. The van der Waals surface area contributed by atoms with Crippen LogP contribution in [0.5, 0.6) is 5.75 Å². The van der Waals surface area contributed by atoms with Gasteiger partial charge in [-0.1, -0.05) is 5.16 Å². The average Bonchev–Trinajstić information content (AvgIpc) is 2.89. The Labute approximate surface area is 121 Å². The molecule has 0 radical (unpaired) electrons. The molecule has 0 fully saturated rings. The van der Waals surface area contributed by atoms with Crippen molar-refractivity contribution in [3.8, 4) is 28.7 Å². The number of nitrogens with zero attached hydrogens (tertiary/aromatic N) is 3. The number of aromatic nitrogens is 3. The minimum absolute atomic E-state index is 0.0993. The summed E-state index contributed by atoms with van der Waals surface area (Å²) >= 11 is 3.28. The van der Waals surface area contributed by atoms with Crippen LogP contribution in [0, 0.1) is 5.82 Å². The molecule has 0 spiro atoms. The Kier molecular flexibility index (Phi) is 3.19. The van der Waals surface area contributed by atoms with Gasteiger partial charge in [0.15, 0.2) is 0 Å². The third kappa shape index (κ3) is 2.39. The van der Waals surface area contributed by atoms with Crippen molar-refractivity contribution in [2.75, 3.05) is 0 Å². The number of pyridine rings is 1. The van der Waals surface area contributed by atoms with Gasteiger partial charge in [0.2, 0.25) is 5.82 Å². The second kappa shape index (κ2) is 5.01. The van der Waals surface area contributed by atoms with E-state index in [-0.39, 0.29) is 23.0 Å². The Morgan fingerprint density at radius 2 is 2.05 bits per heavy atom. The van der Waals surface area contributed by atoms with Gasteiger partial charge in [0.25, 0.3) is 5.89 Å². The van der Waals surface area contributed by atoms with Gasteiger partial charge in [-0.25, -0.2) is 4.39 Å². The molecule has 2 aromatic heterocycles. The predicted molar refractivity (Wildman–Crippen MR) is 72.3 cm³/mol. The topological polar surface area (TPSA) is 72.0 Å². The zero-order valence-corrected chi connectivity index (χ0v) is 11.5. The molecule has 7 heteroatoms. The van der Waals surface area contributed by atoms with E-state index in [0.29, 0.717) is 5.69 Å². The van der Waals surface area contributed by atoms with Crippen molar-refractivity contribution in [1.82, 2.24) is 15.1 Å². The molecule has 0 aliphatic heterocycles. The first kappa shape index (κ1) is 12.7. The summed E-state index contributed by atoms with van der Waals surface area (Å²) in [5.74, 6) is -0.414. The van der Waals surface area contributed by atoms with Crippen molar-refractivity contribution in [3.63, 3.8) is 0 Å². The predicted octanol–water partition coefficient (Wildman–Crippen LogP) is 3.41. The lowest BCUT2D eigenvalue weighted by atomic mass is 10.2. The van der Waals surface area contributed by atoms with Gasteiger partial charge in [-0.2, -0.15) is 4.98 Å². The van der Waals surface area contributed by atoms with Gasteiger partial charge in [0, 0.05) is 16.7 Å². The molecule has 0 saturated heterocycles. The molecule has 0 aliphatic rings. The first-order valence-electron chi connectivity index (χ1n) is 5.58.